The van der Waals surface area contributed by atoms with Gasteiger partial charge in [-0.3, -0.25) is 9.89 Å². The van der Waals surface area contributed by atoms with E-state index in [1.54, 1.807) is 6.20 Å². The molecule has 8 heteroatoms. The molecule has 1 amide bonds. The molecule has 2 rings (SSSR count). The lowest BCUT2D eigenvalue weighted by Crippen LogP contribution is -2.30. The predicted molar refractivity (Wildman–Crippen MR) is 82.3 cm³/mol. The van der Waals surface area contributed by atoms with Crippen LogP contribution in [0.1, 0.15) is 26.7 Å². The standard InChI is InChI=1S/C13H21N7O/c1-3-5-14-10(21)8-16-11-9-7-17-20-12(9)19-13(18-11)15-6-4-2/h7H,3-6,8H2,1-2H3,(H,14,21)(H3,15,16,17,18,19,20). The Kier molecular flexibility index (Phi) is 5.30. The molecule has 8 nitrogen and oxygen atoms in total. The summed E-state index contributed by atoms with van der Waals surface area (Å²) in [4.78, 5) is 20.4. The fraction of sp³-hybridized carbons (Fsp3) is 0.538. The Labute approximate surface area is 123 Å². The van der Waals surface area contributed by atoms with Crippen molar-refractivity contribution in [3.05, 3.63) is 6.20 Å². The van der Waals surface area contributed by atoms with Crippen molar-refractivity contribution in [1.82, 2.24) is 25.5 Å². The first-order chi connectivity index (χ1) is 10.2. The van der Waals surface area contributed by atoms with E-state index >= 15 is 0 Å². The number of nitrogens with one attached hydrogen (secondary N) is 4. The van der Waals surface area contributed by atoms with E-state index in [1.807, 2.05) is 6.92 Å². The van der Waals surface area contributed by atoms with Gasteiger partial charge in [-0.25, -0.2) is 0 Å². The van der Waals surface area contributed by atoms with E-state index in [0.717, 1.165) is 24.8 Å². The van der Waals surface area contributed by atoms with Crippen LogP contribution in [0, 0.1) is 0 Å². The van der Waals surface area contributed by atoms with Crippen molar-refractivity contribution in [1.29, 1.82) is 0 Å². The Morgan fingerprint density at radius 1 is 1.19 bits per heavy atom. The first-order valence-corrected chi connectivity index (χ1v) is 7.20. The Bertz CT molecular complexity index is 595. The zero-order chi connectivity index (χ0) is 15.1. The number of carbonyl (C=O) groups excluding carboxylic acids is 1. The van der Waals surface area contributed by atoms with Crippen LogP contribution in [-0.2, 0) is 4.79 Å². The average molecular weight is 291 g/mol. The van der Waals surface area contributed by atoms with Crippen molar-refractivity contribution in [2.24, 2.45) is 0 Å². The maximum atomic E-state index is 11.7. The van der Waals surface area contributed by atoms with Crippen molar-refractivity contribution in [2.45, 2.75) is 26.7 Å². The number of aromatic amines is 1. The summed E-state index contributed by atoms with van der Waals surface area (Å²) in [6.07, 6.45) is 3.54. The molecule has 2 aromatic rings. The largest absolute Gasteiger partial charge is 0.360 e. The molecule has 0 aromatic carbocycles. The van der Waals surface area contributed by atoms with E-state index in [4.69, 9.17) is 0 Å². The normalized spacial score (nSPS) is 10.6. The van der Waals surface area contributed by atoms with Gasteiger partial charge in [0.2, 0.25) is 11.9 Å². The monoisotopic (exact) mass is 291 g/mol. The maximum Gasteiger partial charge on any atom is 0.239 e. The number of aromatic nitrogens is 4. The molecule has 114 valence electrons. The SMILES string of the molecule is CCCNC(=O)CNc1nc(NCCC)nc2[nH]ncc12. The molecule has 0 spiro atoms. The zero-order valence-electron chi connectivity index (χ0n) is 12.4. The molecule has 0 fully saturated rings. The highest BCUT2D eigenvalue weighted by Gasteiger charge is 2.10. The van der Waals surface area contributed by atoms with E-state index in [2.05, 4.69) is 43.0 Å². The molecule has 0 aliphatic rings. The summed E-state index contributed by atoms with van der Waals surface area (Å²) in [7, 11) is 0. The molecule has 0 aliphatic heterocycles. The Morgan fingerprint density at radius 2 is 2.00 bits per heavy atom. The van der Waals surface area contributed by atoms with E-state index in [9.17, 15) is 4.79 Å². The van der Waals surface area contributed by atoms with Crippen LogP contribution in [0.2, 0.25) is 0 Å². The summed E-state index contributed by atoms with van der Waals surface area (Å²) < 4.78 is 0. The van der Waals surface area contributed by atoms with Crippen molar-refractivity contribution >= 4 is 28.7 Å². The second-order valence-electron chi connectivity index (χ2n) is 4.66. The summed E-state index contributed by atoms with van der Waals surface area (Å²) in [5, 5.41) is 16.5. The van der Waals surface area contributed by atoms with Crippen LogP contribution < -0.4 is 16.0 Å². The quantitative estimate of drug-likeness (QED) is 0.580. The molecule has 0 saturated carbocycles. The van der Waals surface area contributed by atoms with Crippen molar-refractivity contribution in [3.8, 4) is 0 Å². The molecular weight excluding hydrogens is 270 g/mol. The summed E-state index contributed by atoms with van der Waals surface area (Å²) in [5.41, 5.74) is 0.639. The number of H-pyrrole nitrogens is 1. The van der Waals surface area contributed by atoms with Crippen LogP contribution in [0.3, 0.4) is 0 Å². The number of fused-ring (bicyclic) bond motifs is 1. The lowest BCUT2D eigenvalue weighted by molar-refractivity contribution is -0.119. The maximum absolute atomic E-state index is 11.7. The third-order valence-electron chi connectivity index (χ3n) is 2.83. The smallest absolute Gasteiger partial charge is 0.239 e. The molecular formula is C13H21N7O. The van der Waals surface area contributed by atoms with Gasteiger partial charge in [0.05, 0.1) is 18.1 Å². The Balaban J connectivity index is 2.09. The van der Waals surface area contributed by atoms with E-state index in [1.165, 1.54) is 0 Å². The number of amides is 1. The fourth-order valence-corrected chi connectivity index (χ4v) is 1.78. The highest BCUT2D eigenvalue weighted by Crippen LogP contribution is 2.19. The van der Waals surface area contributed by atoms with Crippen LogP contribution in [-0.4, -0.2) is 45.7 Å². The number of nitrogens with zero attached hydrogens (tertiary/aromatic N) is 3. The van der Waals surface area contributed by atoms with Gasteiger partial charge in [0.25, 0.3) is 0 Å². The van der Waals surface area contributed by atoms with E-state index in [-0.39, 0.29) is 12.5 Å². The molecule has 2 aromatic heterocycles. The van der Waals surface area contributed by atoms with Gasteiger partial charge in [-0.15, -0.1) is 0 Å². The summed E-state index contributed by atoms with van der Waals surface area (Å²) >= 11 is 0. The number of anilines is 2. The average Bonchev–Trinajstić information content (AvgIpc) is 2.96. The van der Waals surface area contributed by atoms with Crippen LogP contribution in [0.15, 0.2) is 6.20 Å². The molecule has 0 radical (unpaired) electrons. The van der Waals surface area contributed by atoms with Gasteiger partial charge in [0, 0.05) is 13.1 Å². The Morgan fingerprint density at radius 3 is 2.76 bits per heavy atom. The summed E-state index contributed by atoms with van der Waals surface area (Å²) in [6.45, 7) is 5.72. The minimum absolute atomic E-state index is 0.0600. The van der Waals surface area contributed by atoms with E-state index < -0.39 is 0 Å². The van der Waals surface area contributed by atoms with Gasteiger partial charge in [-0.05, 0) is 12.8 Å². The van der Waals surface area contributed by atoms with Gasteiger partial charge < -0.3 is 16.0 Å². The highest BCUT2D eigenvalue weighted by molar-refractivity contribution is 5.89. The van der Waals surface area contributed by atoms with Crippen molar-refractivity contribution in [2.75, 3.05) is 30.3 Å². The van der Waals surface area contributed by atoms with Crippen molar-refractivity contribution < 1.29 is 4.79 Å². The van der Waals surface area contributed by atoms with Gasteiger partial charge >= 0.3 is 0 Å². The molecule has 2 heterocycles. The van der Waals surface area contributed by atoms with Crippen LogP contribution in [0.4, 0.5) is 11.8 Å². The molecule has 21 heavy (non-hydrogen) atoms. The van der Waals surface area contributed by atoms with Gasteiger partial charge in [-0.2, -0.15) is 15.1 Å². The Hall–Kier alpha value is -2.38. The number of carbonyl (C=O) groups is 1. The van der Waals surface area contributed by atoms with Crippen molar-refractivity contribution in [3.63, 3.8) is 0 Å². The molecule has 0 saturated heterocycles. The lowest BCUT2D eigenvalue weighted by Gasteiger charge is -2.09. The van der Waals surface area contributed by atoms with Crippen LogP contribution >= 0.6 is 0 Å². The molecule has 0 bridgehead atoms. The lowest BCUT2D eigenvalue weighted by atomic mass is 10.4. The zero-order valence-corrected chi connectivity index (χ0v) is 12.4. The summed E-state index contributed by atoms with van der Waals surface area (Å²) in [6, 6.07) is 0. The third-order valence-corrected chi connectivity index (χ3v) is 2.83. The molecule has 0 unspecified atom stereocenters. The number of hydrogen-bond donors (Lipinski definition) is 4. The fourth-order valence-electron chi connectivity index (χ4n) is 1.78. The predicted octanol–water partition coefficient (Wildman–Crippen LogP) is 1.11. The van der Waals surface area contributed by atoms with Gasteiger partial charge in [0.15, 0.2) is 5.65 Å². The van der Waals surface area contributed by atoms with Gasteiger partial charge in [-0.1, -0.05) is 13.8 Å². The second-order valence-corrected chi connectivity index (χ2v) is 4.66. The first-order valence-electron chi connectivity index (χ1n) is 7.20. The number of hydrogen-bond acceptors (Lipinski definition) is 6. The van der Waals surface area contributed by atoms with Gasteiger partial charge in [0.1, 0.15) is 5.82 Å². The van der Waals surface area contributed by atoms with Crippen LogP contribution in [0.25, 0.3) is 11.0 Å². The molecule has 0 atom stereocenters. The topological polar surface area (TPSA) is 108 Å². The molecule has 0 aliphatic carbocycles. The number of rotatable bonds is 8. The third kappa shape index (κ3) is 4.04. The van der Waals surface area contributed by atoms with E-state index in [0.29, 0.717) is 24.0 Å². The first kappa shape index (κ1) is 15.0. The summed E-state index contributed by atoms with van der Waals surface area (Å²) in [5.74, 6) is 1.05. The highest BCUT2D eigenvalue weighted by atomic mass is 16.1. The minimum atomic E-state index is -0.0600. The minimum Gasteiger partial charge on any atom is -0.360 e. The molecule has 4 N–H and O–H groups in total. The second kappa shape index (κ2) is 7.41. The van der Waals surface area contributed by atoms with Crippen LogP contribution in [0.5, 0.6) is 0 Å².